The molecule has 104 valence electrons. The number of aryl methyl sites for hydroxylation is 1. The molecule has 2 aromatic carbocycles. The van der Waals surface area contributed by atoms with E-state index in [-0.39, 0.29) is 18.3 Å². The van der Waals surface area contributed by atoms with Crippen LogP contribution in [0.3, 0.4) is 0 Å². The van der Waals surface area contributed by atoms with Crippen molar-refractivity contribution in [1.82, 2.24) is 5.32 Å². The summed E-state index contributed by atoms with van der Waals surface area (Å²) in [5.74, 6) is -0.603. The second kappa shape index (κ2) is 6.37. The van der Waals surface area contributed by atoms with Gasteiger partial charge in [0.1, 0.15) is 5.82 Å². The van der Waals surface area contributed by atoms with Crippen molar-refractivity contribution in [1.29, 1.82) is 0 Å². The van der Waals surface area contributed by atoms with Gasteiger partial charge < -0.3 is 5.32 Å². The maximum Gasteiger partial charge on any atom is 0.251 e. The van der Waals surface area contributed by atoms with Crippen molar-refractivity contribution < 1.29 is 9.18 Å². The summed E-state index contributed by atoms with van der Waals surface area (Å²) in [6, 6.07) is 9.77. The van der Waals surface area contributed by atoms with E-state index < -0.39 is 0 Å². The smallest absolute Gasteiger partial charge is 0.251 e. The Bertz CT molecular complexity index is 660. The van der Waals surface area contributed by atoms with E-state index >= 15 is 0 Å². The first-order valence-corrected chi connectivity index (χ1v) is 7.13. The molecule has 5 heteroatoms. The van der Waals surface area contributed by atoms with Crippen LogP contribution in [0.1, 0.15) is 21.5 Å². The van der Waals surface area contributed by atoms with Gasteiger partial charge in [-0.1, -0.05) is 33.6 Å². The molecule has 0 unspecified atom stereocenters. The van der Waals surface area contributed by atoms with Gasteiger partial charge >= 0.3 is 0 Å². The van der Waals surface area contributed by atoms with Crippen molar-refractivity contribution in [2.75, 3.05) is 0 Å². The number of amides is 1. The monoisotopic (exact) mass is 355 g/mol. The second-order valence-electron chi connectivity index (χ2n) is 4.38. The van der Waals surface area contributed by atoms with Gasteiger partial charge in [-0.05, 0) is 42.8 Å². The molecule has 1 N–H and O–H groups in total. The number of carbonyl (C=O) groups is 1. The zero-order chi connectivity index (χ0) is 14.7. The highest BCUT2D eigenvalue weighted by atomic mass is 79.9. The lowest BCUT2D eigenvalue weighted by Gasteiger charge is -2.09. The largest absolute Gasteiger partial charge is 0.348 e. The number of carbonyl (C=O) groups excluding carboxylic acids is 1. The fourth-order valence-electron chi connectivity index (χ4n) is 1.82. The number of rotatable bonds is 3. The molecule has 0 aromatic heterocycles. The maximum atomic E-state index is 13.6. The van der Waals surface area contributed by atoms with Gasteiger partial charge in [0.25, 0.3) is 5.91 Å². The molecule has 0 bridgehead atoms. The lowest BCUT2D eigenvalue weighted by Crippen LogP contribution is -2.24. The molecule has 2 aromatic rings. The van der Waals surface area contributed by atoms with Gasteiger partial charge in [-0.3, -0.25) is 4.79 Å². The molecule has 0 saturated carbocycles. The highest BCUT2D eigenvalue weighted by molar-refractivity contribution is 9.10. The van der Waals surface area contributed by atoms with E-state index in [0.717, 1.165) is 5.56 Å². The lowest BCUT2D eigenvalue weighted by atomic mass is 10.1. The molecule has 0 fully saturated rings. The normalized spacial score (nSPS) is 10.4. The highest BCUT2D eigenvalue weighted by Crippen LogP contribution is 2.17. The van der Waals surface area contributed by atoms with E-state index in [2.05, 4.69) is 21.2 Å². The molecule has 0 radical (unpaired) electrons. The van der Waals surface area contributed by atoms with Crippen molar-refractivity contribution in [2.24, 2.45) is 0 Å². The molecular weight excluding hydrogens is 345 g/mol. The summed E-state index contributed by atoms with van der Waals surface area (Å²) in [6.45, 7) is 1.95. The van der Waals surface area contributed by atoms with Crippen LogP contribution in [0, 0.1) is 12.7 Å². The molecule has 2 rings (SSSR count). The molecule has 0 heterocycles. The average molecular weight is 357 g/mol. The molecule has 2 nitrogen and oxygen atoms in total. The molecule has 0 aliphatic heterocycles. The van der Waals surface area contributed by atoms with E-state index in [9.17, 15) is 9.18 Å². The van der Waals surface area contributed by atoms with Gasteiger partial charge in [0.2, 0.25) is 0 Å². The Labute approximate surface area is 130 Å². The van der Waals surface area contributed by atoms with Crippen LogP contribution in [0.4, 0.5) is 4.39 Å². The minimum atomic E-state index is -0.354. The van der Waals surface area contributed by atoms with E-state index in [0.29, 0.717) is 20.6 Å². The quantitative estimate of drug-likeness (QED) is 0.863. The van der Waals surface area contributed by atoms with Crippen LogP contribution in [0.2, 0.25) is 5.02 Å². The van der Waals surface area contributed by atoms with Crippen molar-refractivity contribution >= 4 is 33.4 Å². The predicted molar refractivity (Wildman–Crippen MR) is 81.5 cm³/mol. The maximum absolute atomic E-state index is 13.6. The molecule has 0 aliphatic carbocycles. The van der Waals surface area contributed by atoms with E-state index in [1.54, 1.807) is 37.3 Å². The first kappa shape index (κ1) is 15.0. The van der Waals surface area contributed by atoms with E-state index in [4.69, 9.17) is 11.6 Å². The Kier molecular flexibility index (Phi) is 4.78. The first-order valence-electron chi connectivity index (χ1n) is 5.95. The summed E-state index contributed by atoms with van der Waals surface area (Å²) in [4.78, 5) is 12.0. The Morgan fingerprint density at radius 2 is 2.05 bits per heavy atom. The van der Waals surface area contributed by atoms with Gasteiger partial charge in [-0.25, -0.2) is 4.39 Å². The van der Waals surface area contributed by atoms with Crippen molar-refractivity contribution in [3.8, 4) is 0 Å². The van der Waals surface area contributed by atoms with Crippen LogP contribution in [-0.4, -0.2) is 5.91 Å². The summed E-state index contributed by atoms with van der Waals surface area (Å²) in [5, 5.41) is 3.28. The molecule has 0 saturated heterocycles. The third kappa shape index (κ3) is 3.58. The summed E-state index contributed by atoms with van der Waals surface area (Å²) in [5.41, 5.74) is 1.76. The van der Waals surface area contributed by atoms with Crippen molar-refractivity contribution in [3.63, 3.8) is 0 Å². The number of halogens is 3. The Morgan fingerprint density at radius 3 is 2.70 bits per heavy atom. The second-order valence-corrected chi connectivity index (χ2v) is 5.73. The minimum absolute atomic E-state index is 0.139. The van der Waals surface area contributed by atoms with Gasteiger partial charge in [0.05, 0.1) is 0 Å². The van der Waals surface area contributed by atoms with Crippen molar-refractivity contribution in [3.05, 3.63) is 68.4 Å². The van der Waals surface area contributed by atoms with Gasteiger partial charge in [0, 0.05) is 27.2 Å². The molecular formula is C15H12BrClFNO. The Morgan fingerprint density at radius 1 is 1.30 bits per heavy atom. The Balaban J connectivity index is 2.08. The first-order chi connectivity index (χ1) is 9.47. The van der Waals surface area contributed by atoms with Gasteiger partial charge in [-0.2, -0.15) is 0 Å². The number of nitrogens with one attached hydrogen (secondary N) is 1. The molecule has 0 spiro atoms. The minimum Gasteiger partial charge on any atom is -0.348 e. The Hall–Kier alpha value is -1.39. The number of benzene rings is 2. The predicted octanol–water partition coefficient (Wildman–Crippen LogP) is 4.48. The third-order valence-electron chi connectivity index (χ3n) is 2.89. The van der Waals surface area contributed by atoms with E-state index in [1.165, 1.54) is 6.07 Å². The van der Waals surface area contributed by atoms with Crippen LogP contribution in [0.25, 0.3) is 0 Å². The molecule has 1 amide bonds. The van der Waals surface area contributed by atoms with Crippen LogP contribution in [0.5, 0.6) is 0 Å². The third-order valence-corrected chi connectivity index (χ3v) is 3.62. The van der Waals surface area contributed by atoms with Crippen LogP contribution in [-0.2, 0) is 6.54 Å². The molecule has 0 aliphatic rings. The standard InChI is InChI=1S/C15H12BrClFNO/c1-9-6-12(17)4-5-13(9)15(20)19-8-10-2-3-11(16)7-14(10)18/h2-7H,8H2,1H3,(H,19,20). The van der Waals surface area contributed by atoms with E-state index in [1.807, 2.05) is 0 Å². The number of hydrogen-bond acceptors (Lipinski definition) is 1. The van der Waals surface area contributed by atoms with Crippen LogP contribution in [0.15, 0.2) is 40.9 Å². The van der Waals surface area contributed by atoms with Crippen LogP contribution >= 0.6 is 27.5 Å². The molecule has 20 heavy (non-hydrogen) atoms. The summed E-state index contributed by atoms with van der Waals surface area (Å²) >= 11 is 9.03. The highest BCUT2D eigenvalue weighted by Gasteiger charge is 2.10. The van der Waals surface area contributed by atoms with Crippen molar-refractivity contribution in [2.45, 2.75) is 13.5 Å². The average Bonchev–Trinajstić information content (AvgIpc) is 2.37. The lowest BCUT2D eigenvalue weighted by molar-refractivity contribution is 0.0950. The fraction of sp³-hybridized carbons (Fsp3) is 0.133. The summed E-state index contributed by atoms with van der Waals surface area (Å²) in [7, 11) is 0. The van der Waals surface area contributed by atoms with Crippen LogP contribution < -0.4 is 5.32 Å². The SMILES string of the molecule is Cc1cc(Cl)ccc1C(=O)NCc1ccc(Br)cc1F. The van der Waals surface area contributed by atoms with Gasteiger partial charge in [0.15, 0.2) is 0 Å². The van der Waals surface area contributed by atoms with Gasteiger partial charge in [-0.15, -0.1) is 0 Å². The molecule has 0 atom stereocenters. The zero-order valence-corrected chi connectivity index (χ0v) is 13.1. The summed E-state index contributed by atoms with van der Waals surface area (Å²) in [6.07, 6.45) is 0. The topological polar surface area (TPSA) is 29.1 Å². The fourth-order valence-corrected chi connectivity index (χ4v) is 2.38. The number of hydrogen-bond donors (Lipinski definition) is 1. The zero-order valence-electron chi connectivity index (χ0n) is 10.7. The summed E-state index contributed by atoms with van der Waals surface area (Å²) < 4.78 is 14.3.